The minimum atomic E-state index is -0.992. The number of fused-ring (bicyclic) bond motifs is 1. The molecule has 31 heavy (non-hydrogen) atoms. The lowest BCUT2D eigenvalue weighted by molar-refractivity contribution is -0.124. The first-order valence-corrected chi connectivity index (χ1v) is 10.1. The van der Waals surface area contributed by atoms with Crippen molar-refractivity contribution in [1.29, 1.82) is 5.26 Å². The van der Waals surface area contributed by atoms with Crippen molar-refractivity contribution in [3.05, 3.63) is 24.5 Å². The summed E-state index contributed by atoms with van der Waals surface area (Å²) in [5.74, 6) is 0.877. The quantitative estimate of drug-likeness (QED) is 0.617. The van der Waals surface area contributed by atoms with Crippen LogP contribution in [0.1, 0.15) is 19.8 Å². The van der Waals surface area contributed by atoms with Crippen LogP contribution < -0.4 is 14.4 Å². The van der Waals surface area contributed by atoms with Crippen molar-refractivity contribution >= 4 is 17.2 Å². The zero-order chi connectivity index (χ0) is 21.8. The Labute approximate surface area is 178 Å². The average Bonchev–Trinajstić information content (AvgIpc) is 3.47. The number of aromatic nitrogens is 5. The van der Waals surface area contributed by atoms with Crippen LogP contribution in [0.2, 0.25) is 0 Å². The van der Waals surface area contributed by atoms with E-state index >= 15 is 0 Å². The summed E-state index contributed by atoms with van der Waals surface area (Å²) in [6.07, 6.45) is 5.20. The largest absolute Gasteiger partial charge is 0.480 e. The zero-order valence-electron chi connectivity index (χ0n) is 17.4. The summed E-state index contributed by atoms with van der Waals surface area (Å²) in [5.41, 5.74) is 0.745. The molecule has 3 aromatic heterocycles. The van der Waals surface area contributed by atoms with Gasteiger partial charge in [0, 0.05) is 18.5 Å². The lowest BCUT2D eigenvalue weighted by Crippen LogP contribution is -2.37. The van der Waals surface area contributed by atoms with Gasteiger partial charge in [0.25, 0.3) is 0 Å². The second-order valence-corrected chi connectivity index (χ2v) is 7.99. The van der Waals surface area contributed by atoms with Crippen molar-refractivity contribution < 1.29 is 14.3 Å². The molecule has 10 nitrogen and oxygen atoms in total. The molecule has 0 bridgehead atoms. The number of nitrogens with zero attached hydrogens (tertiary/aromatic N) is 7. The number of methoxy groups -OCH3 is 2. The van der Waals surface area contributed by atoms with Crippen LogP contribution in [-0.4, -0.2) is 51.5 Å². The maximum absolute atomic E-state index is 13.6. The van der Waals surface area contributed by atoms with Crippen LogP contribution >= 0.6 is 0 Å². The van der Waals surface area contributed by atoms with E-state index in [2.05, 4.69) is 21.4 Å². The lowest BCUT2D eigenvalue weighted by atomic mass is 9.75. The topological polar surface area (TPSA) is 119 Å². The zero-order valence-corrected chi connectivity index (χ0v) is 17.4. The monoisotopic (exact) mass is 419 g/mol. The Hall–Kier alpha value is -3.74. The molecule has 1 aliphatic carbocycles. The van der Waals surface area contributed by atoms with Crippen molar-refractivity contribution in [3.8, 4) is 29.1 Å². The lowest BCUT2D eigenvalue weighted by Gasteiger charge is -2.23. The standard InChI is InChI=1S/C21H21N7O3/c1-12-9-27(20(29)21(12,11-22)13-4-5-13)18-16-6-7-23-28(16)10-15(24-18)14-8-17(30-2)25-26-19(14)31-3/h6-8,10,12-13H,4-5,9H2,1-3H3/t12-,21+/m1/s1. The molecule has 0 unspecified atom stereocenters. The van der Waals surface area contributed by atoms with Crippen LogP contribution in [0.15, 0.2) is 24.5 Å². The molecule has 10 heteroatoms. The van der Waals surface area contributed by atoms with E-state index in [1.165, 1.54) is 14.2 Å². The average molecular weight is 419 g/mol. The van der Waals surface area contributed by atoms with Crippen LogP contribution in [0, 0.1) is 28.6 Å². The first-order valence-electron chi connectivity index (χ1n) is 10.1. The molecule has 1 saturated carbocycles. The maximum atomic E-state index is 13.6. The molecule has 5 rings (SSSR count). The van der Waals surface area contributed by atoms with Crippen LogP contribution in [0.5, 0.6) is 11.8 Å². The smallest absolute Gasteiger partial charge is 0.249 e. The van der Waals surface area contributed by atoms with E-state index < -0.39 is 5.41 Å². The first kappa shape index (κ1) is 19.2. The van der Waals surface area contributed by atoms with E-state index in [9.17, 15) is 10.1 Å². The third kappa shape index (κ3) is 2.73. The van der Waals surface area contributed by atoms with Gasteiger partial charge >= 0.3 is 0 Å². The minimum absolute atomic E-state index is 0.0943. The SMILES string of the molecule is COc1cc(-c2cn3nccc3c(N3C[C@@H](C)[C@@](C#N)(C4CC4)C3=O)n2)c(OC)nn1. The Morgan fingerprint density at radius 3 is 2.74 bits per heavy atom. The van der Waals surface area contributed by atoms with E-state index in [0.717, 1.165) is 12.8 Å². The summed E-state index contributed by atoms with van der Waals surface area (Å²) >= 11 is 0. The predicted molar refractivity (Wildman–Crippen MR) is 109 cm³/mol. The van der Waals surface area contributed by atoms with Crippen LogP contribution in [0.25, 0.3) is 16.8 Å². The van der Waals surface area contributed by atoms with Crippen LogP contribution in [0.3, 0.4) is 0 Å². The Morgan fingerprint density at radius 2 is 2.06 bits per heavy atom. The fraction of sp³-hybridized carbons (Fsp3) is 0.429. The number of hydrogen-bond donors (Lipinski definition) is 0. The Balaban J connectivity index is 1.67. The number of nitriles is 1. The molecule has 3 aromatic rings. The van der Waals surface area contributed by atoms with Crippen molar-refractivity contribution in [2.45, 2.75) is 19.8 Å². The highest BCUT2D eigenvalue weighted by Crippen LogP contribution is 2.54. The highest BCUT2D eigenvalue weighted by Gasteiger charge is 2.61. The third-order valence-electron chi connectivity index (χ3n) is 6.28. The van der Waals surface area contributed by atoms with Crippen LogP contribution in [-0.2, 0) is 4.79 Å². The predicted octanol–water partition coefficient (Wildman–Crippen LogP) is 2.11. The molecule has 2 atom stereocenters. The normalized spacial score (nSPS) is 23.2. The van der Waals surface area contributed by atoms with Gasteiger partial charge in [-0.2, -0.15) is 10.4 Å². The third-order valence-corrected chi connectivity index (χ3v) is 6.28. The molecule has 0 radical (unpaired) electrons. The summed E-state index contributed by atoms with van der Waals surface area (Å²) in [6.45, 7) is 2.40. The number of carbonyl (C=O) groups excluding carboxylic acids is 1. The number of carbonyl (C=O) groups is 1. The maximum Gasteiger partial charge on any atom is 0.249 e. The highest BCUT2D eigenvalue weighted by molar-refractivity contribution is 6.04. The molecule has 158 valence electrons. The van der Waals surface area contributed by atoms with Gasteiger partial charge in [-0.15, -0.1) is 10.2 Å². The summed E-state index contributed by atoms with van der Waals surface area (Å²) in [6, 6.07) is 5.84. The van der Waals surface area contributed by atoms with Gasteiger partial charge in [0.05, 0.1) is 43.9 Å². The second kappa shape index (κ2) is 6.91. The highest BCUT2D eigenvalue weighted by atomic mass is 16.5. The summed E-state index contributed by atoms with van der Waals surface area (Å²) in [7, 11) is 3.00. The second-order valence-electron chi connectivity index (χ2n) is 7.99. The van der Waals surface area contributed by atoms with Crippen molar-refractivity contribution in [3.63, 3.8) is 0 Å². The van der Waals surface area contributed by atoms with Gasteiger partial charge in [-0.05, 0) is 24.8 Å². The molecule has 0 aromatic carbocycles. The molecular weight excluding hydrogens is 398 g/mol. The van der Waals surface area contributed by atoms with Gasteiger partial charge in [0.15, 0.2) is 5.82 Å². The molecule has 1 saturated heterocycles. The van der Waals surface area contributed by atoms with Gasteiger partial charge in [0.1, 0.15) is 10.9 Å². The molecule has 2 fully saturated rings. The minimum Gasteiger partial charge on any atom is -0.480 e. The molecule has 4 heterocycles. The Kier molecular flexibility index (Phi) is 4.28. The number of amides is 1. The van der Waals surface area contributed by atoms with Crippen molar-refractivity contribution in [2.24, 2.45) is 17.3 Å². The number of anilines is 1. The molecule has 2 aliphatic rings. The molecule has 0 spiro atoms. The summed E-state index contributed by atoms with van der Waals surface area (Å²) in [5, 5.41) is 22.3. The van der Waals surface area contributed by atoms with Gasteiger partial charge < -0.3 is 9.47 Å². The van der Waals surface area contributed by atoms with Crippen molar-refractivity contribution in [2.75, 3.05) is 25.7 Å². The van der Waals surface area contributed by atoms with E-state index in [4.69, 9.17) is 14.5 Å². The van der Waals surface area contributed by atoms with Gasteiger partial charge in [0.2, 0.25) is 17.7 Å². The van der Waals surface area contributed by atoms with Gasteiger partial charge in [-0.25, -0.2) is 9.50 Å². The molecule has 1 aliphatic heterocycles. The summed E-state index contributed by atoms with van der Waals surface area (Å²) < 4.78 is 12.2. The molecular formula is C21H21N7O3. The fourth-order valence-corrected chi connectivity index (χ4v) is 4.52. The van der Waals surface area contributed by atoms with E-state index in [-0.39, 0.29) is 23.6 Å². The molecule has 1 amide bonds. The van der Waals surface area contributed by atoms with Crippen LogP contribution in [0.4, 0.5) is 5.82 Å². The fourth-order valence-electron chi connectivity index (χ4n) is 4.52. The van der Waals surface area contributed by atoms with E-state index in [0.29, 0.717) is 35.0 Å². The Bertz CT molecular complexity index is 1230. The van der Waals surface area contributed by atoms with Crippen molar-refractivity contribution in [1.82, 2.24) is 24.8 Å². The Morgan fingerprint density at radius 1 is 1.26 bits per heavy atom. The molecule has 0 N–H and O–H groups in total. The van der Waals surface area contributed by atoms with E-state index in [1.807, 2.05) is 6.92 Å². The van der Waals surface area contributed by atoms with Gasteiger partial charge in [-0.3, -0.25) is 9.69 Å². The first-order chi connectivity index (χ1) is 15.0. The van der Waals surface area contributed by atoms with E-state index in [1.54, 1.807) is 33.9 Å². The summed E-state index contributed by atoms with van der Waals surface area (Å²) in [4.78, 5) is 20.0. The number of hydrogen-bond acceptors (Lipinski definition) is 8. The number of ether oxygens (including phenoxy) is 2. The number of rotatable bonds is 5. The van der Waals surface area contributed by atoms with Gasteiger partial charge in [-0.1, -0.05) is 6.92 Å².